The molecule has 4 heteroatoms. The van der Waals surface area contributed by atoms with Gasteiger partial charge in [0.1, 0.15) is 11.8 Å². The van der Waals surface area contributed by atoms with E-state index >= 15 is 0 Å². The molecule has 0 amide bonds. The van der Waals surface area contributed by atoms with E-state index in [9.17, 15) is 4.79 Å². The summed E-state index contributed by atoms with van der Waals surface area (Å²) in [5.74, 6) is 4.02. The monoisotopic (exact) mass is 191 g/mol. The Morgan fingerprint density at radius 1 is 1.64 bits per heavy atom. The minimum atomic E-state index is -1.02. The third kappa shape index (κ3) is 2.88. The van der Waals surface area contributed by atoms with Gasteiger partial charge in [-0.25, -0.2) is 9.78 Å². The van der Waals surface area contributed by atoms with Crippen LogP contribution in [0.3, 0.4) is 0 Å². The lowest BCUT2D eigenvalue weighted by Crippen LogP contribution is -1.98. The second-order valence-electron chi connectivity index (χ2n) is 2.68. The number of aliphatic hydroxyl groups is 1. The van der Waals surface area contributed by atoms with Crippen LogP contribution in [0.1, 0.15) is 23.0 Å². The second kappa shape index (κ2) is 4.40. The number of carbonyl (C=O) groups is 1. The summed E-state index contributed by atoms with van der Waals surface area (Å²) in [6.45, 7) is 1.52. The molecule has 0 bridgehead atoms. The number of rotatable bonds is 1. The number of nitrogens with zero attached hydrogens (tertiary/aromatic N) is 1. The Bertz CT molecular complexity index is 401. The Hall–Kier alpha value is -1.86. The van der Waals surface area contributed by atoms with Crippen molar-refractivity contribution < 1.29 is 15.0 Å². The van der Waals surface area contributed by atoms with Crippen molar-refractivity contribution in [2.45, 2.75) is 13.0 Å². The van der Waals surface area contributed by atoms with Crippen LogP contribution < -0.4 is 0 Å². The summed E-state index contributed by atoms with van der Waals surface area (Å²) < 4.78 is 0. The summed E-state index contributed by atoms with van der Waals surface area (Å²) in [5, 5.41) is 17.5. The number of aromatic carboxylic acids is 1. The van der Waals surface area contributed by atoms with Crippen LogP contribution in [0.5, 0.6) is 0 Å². The van der Waals surface area contributed by atoms with Gasteiger partial charge >= 0.3 is 5.97 Å². The van der Waals surface area contributed by atoms with Gasteiger partial charge in [-0.15, -0.1) is 0 Å². The van der Waals surface area contributed by atoms with Crippen molar-refractivity contribution >= 4 is 5.97 Å². The zero-order valence-corrected chi connectivity index (χ0v) is 7.56. The summed E-state index contributed by atoms with van der Waals surface area (Å²) in [5.41, 5.74) is 0.473. The van der Waals surface area contributed by atoms with Gasteiger partial charge in [-0.2, -0.15) is 0 Å². The molecule has 1 rings (SSSR count). The highest BCUT2D eigenvalue weighted by molar-refractivity contribution is 5.87. The molecule has 0 spiro atoms. The number of carboxylic acids is 1. The smallest absolute Gasteiger partial charge is 0.335 e. The highest BCUT2D eigenvalue weighted by atomic mass is 16.4. The van der Waals surface area contributed by atoms with Gasteiger partial charge < -0.3 is 10.2 Å². The summed E-state index contributed by atoms with van der Waals surface area (Å²) in [7, 11) is 0. The molecule has 0 fully saturated rings. The van der Waals surface area contributed by atoms with Crippen molar-refractivity contribution in [2.24, 2.45) is 0 Å². The van der Waals surface area contributed by atoms with E-state index in [1.807, 2.05) is 0 Å². The highest BCUT2D eigenvalue weighted by Gasteiger charge is 2.02. The van der Waals surface area contributed by atoms with Gasteiger partial charge in [0.2, 0.25) is 0 Å². The molecule has 72 valence electrons. The molecule has 0 aliphatic heterocycles. The molecule has 0 saturated carbocycles. The molecule has 4 nitrogen and oxygen atoms in total. The molecular formula is C10H9NO3. The van der Waals surface area contributed by atoms with Gasteiger partial charge in [-0.3, -0.25) is 0 Å². The Labute approximate surface area is 81.2 Å². The molecule has 0 aliphatic carbocycles. The minimum Gasteiger partial charge on any atom is -0.478 e. The molecule has 2 N–H and O–H groups in total. The van der Waals surface area contributed by atoms with E-state index in [2.05, 4.69) is 16.8 Å². The number of pyridine rings is 1. The Morgan fingerprint density at radius 3 is 2.93 bits per heavy atom. The molecule has 0 aromatic carbocycles. The molecule has 1 heterocycles. The van der Waals surface area contributed by atoms with E-state index in [4.69, 9.17) is 10.2 Å². The first-order valence-corrected chi connectivity index (χ1v) is 3.98. The molecule has 0 aliphatic rings. The lowest BCUT2D eigenvalue weighted by molar-refractivity contribution is 0.0696. The van der Waals surface area contributed by atoms with Crippen molar-refractivity contribution in [2.75, 3.05) is 0 Å². The molecule has 1 atom stereocenters. The molecule has 0 unspecified atom stereocenters. The second-order valence-corrected chi connectivity index (χ2v) is 2.68. The van der Waals surface area contributed by atoms with Crippen molar-refractivity contribution in [1.29, 1.82) is 0 Å². The van der Waals surface area contributed by atoms with Crippen molar-refractivity contribution in [3.05, 3.63) is 29.6 Å². The van der Waals surface area contributed by atoms with Gasteiger partial charge in [-0.05, 0) is 25.0 Å². The van der Waals surface area contributed by atoms with Crippen LogP contribution in [0.15, 0.2) is 18.3 Å². The van der Waals surface area contributed by atoms with E-state index in [0.29, 0.717) is 5.69 Å². The average molecular weight is 191 g/mol. The standard InChI is InChI=1S/C10H9NO3/c1-7(12)2-3-9-6-8(10(13)14)4-5-11-9/h4-7,12H,1H3,(H,13,14)/t7-/m0/s1. The van der Waals surface area contributed by atoms with Crippen LogP contribution in [0.25, 0.3) is 0 Å². The first kappa shape index (κ1) is 10.2. The fourth-order valence-electron chi connectivity index (χ4n) is 0.810. The van der Waals surface area contributed by atoms with Crippen LogP contribution in [0, 0.1) is 11.8 Å². The van der Waals surface area contributed by atoms with Crippen molar-refractivity contribution in [3.63, 3.8) is 0 Å². The summed E-state index contributed by atoms with van der Waals surface area (Å²) in [4.78, 5) is 14.4. The van der Waals surface area contributed by atoms with E-state index < -0.39 is 12.1 Å². The lowest BCUT2D eigenvalue weighted by Gasteiger charge is -1.94. The summed E-state index contributed by atoms with van der Waals surface area (Å²) in [6, 6.07) is 2.74. The van der Waals surface area contributed by atoms with Gasteiger partial charge in [0.05, 0.1) is 5.56 Å². The molecule has 1 aromatic rings. The van der Waals surface area contributed by atoms with Crippen molar-refractivity contribution in [1.82, 2.24) is 4.98 Å². The normalized spacial score (nSPS) is 11.3. The Kier molecular flexibility index (Phi) is 3.21. The maximum atomic E-state index is 10.6. The quantitative estimate of drug-likeness (QED) is 0.634. The van der Waals surface area contributed by atoms with Crippen LogP contribution in [0.2, 0.25) is 0 Å². The number of hydrogen-bond donors (Lipinski definition) is 2. The van der Waals surface area contributed by atoms with Crippen LogP contribution in [0.4, 0.5) is 0 Å². The number of aliphatic hydroxyl groups excluding tert-OH is 1. The fraction of sp³-hybridized carbons (Fsp3) is 0.200. The Morgan fingerprint density at radius 2 is 2.36 bits per heavy atom. The predicted octanol–water partition coefficient (Wildman–Crippen LogP) is 0.512. The molecule has 14 heavy (non-hydrogen) atoms. The van der Waals surface area contributed by atoms with Crippen molar-refractivity contribution in [3.8, 4) is 11.8 Å². The first-order valence-electron chi connectivity index (χ1n) is 3.98. The van der Waals surface area contributed by atoms with E-state index in [-0.39, 0.29) is 5.56 Å². The van der Waals surface area contributed by atoms with Crippen LogP contribution in [-0.2, 0) is 0 Å². The van der Waals surface area contributed by atoms with Gasteiger partial charge in [0.15, 0.2) is 0 Å². The summed E-state index contributed by atoms with van der Waals surface area (Å²) >= 11 is 0. The Balaban J connectivity index is 2.96. The molecule has 0 saturated heterocycles. The largest absolute Gasteiger partial charge is 0.478 e. The number of hydrogen-bond acceptors (Lipinski definition) is 3. The lowest BCUT2D eigenvalue weighted by atomic mass is 10.2. The SMILES string of the molecule is C[C@H](O)C#Cc1cc(C(=O)O)ccn1. The first-order chi connectivity index (χ1) is 6.59. The highest BCUT2D eigenvalue weighted by Crippen LogP contribution is 2.00. The molecule has 1 aromatic heterocycles. The minimum absolute atomic E-state index is 0.134. The fourth-order valence-corrected chi connectivity index (χ4v) is 0.810. The topological polar surface area (TPSA) is 70.4 Å². The van der Waals surface area contributed by atoms with Gasteiger partial charge in [-0.1, -0.05) is 5.92 Å². The number of carboxylic acid groups (broad SMARTS) is 1. The third-order valence-electron chi connectivity index (χ3n) is 1.42. The maximum absolute atomic E-state index is 10.6. The zero-order valence-electron chi connectivity index (χ0n) is 7.56. The van der Waals surface area contributed by atoms with Gasteiger partial charge in [0.25, 0.3) is 0 Å². The van der Waals surface area contributed by atoms with E-state index in [0.717, 1.165) is 0 Å². The zero-order chi connectivity index (χ0) is 10.6. The third-order valence-corrected chi connectivity index (χ3v) is 1.42. The predicted molar refractivity (Wildman–Crippen MR) is 49.8 cm³/mol. The van der Waals surface area contributed by atoms with Crippen LogP contribution >= 0.6 is 0 Å². The van der Waals surface area contributed by atoms with Crippen LogP contribution in [-0.4, -0.2) is 27.3 Å². The maximum Gasteiger partial charge on any atom is 0.335 e. The number of aromatic nitrogens is 1. The van der Waals surface area contributed by atoms with E-state index in [1.165, 1.54) is 25.3 Å². The molecular weight excluding hydrogens is 182 g/mol. The van der Waals surface area contributed by atoms with E-state index in [1.54, 1.807) is 0 Å². The average Bonchev–Trinajstić information content (AvgIpc) is 2.15. The molecule has 0 radical (unpaired) electrons. The van der Waals surface area contributed by atoms with Gasteiger partial charge in [0, 0.05) is 6.20 Å². The summed E-state index contributed by atoms with van der Waals surface area (Å²) in [6.07, 6.45) is 0.625.